The summed E-state index contributed by atoms with van der Waals surface area (Å²) in [6.45, 7) is 3.39. The van der Waals surface area contributed by atoms with Crippen molar-refractivity contribution in [2.75, 3.05) is 10.5 Å². The van der Waals surface area contributed by atoms with E-state index in [1.54, 1.807) is 48.9 Å². The fraction of sp³-hybridized carbons (Fsp3) is 0.150. The topological polar surface area (TPSA) is 168 Å². The Balaban J connectivity index is 1.46. The number of nitrogens with one attached hydrogen (secondary N) is 1. The lowest BCUT2D eigenvalue weighted by molar-refractivity contribution is 0.390. The van der Waals surface area contributed by atoms with E-state index in [0.29, 0.717) is 28.3 Å². The first-order chi connectivity index (χ1) is 15.8. The van der Waals surface area contributed by atoms with Crippen molar-refractivity contribution in [1.82, 2.24) is 30.1 Å². The molecular formula is C20H18N8O4S. The summed E-state index contributed by atoms with van der Waals surface area (Å²) in [5.41, 5.74) is 8.63. The Kier molecular flexibility index (Phi) is 4.82. The summed E-state index contributed by atoms with van der Waals surface area (Å²) in [6.07, 6.45) is 1.53. The molecule has 168 valence electrons. The zero-order valence-corrected chi connectivity index (χ0v) is 18.4. The molecule has 0 bridgehead atoms. The van der Waals surface area contributed by atoms with Gasteiger partial charge < -0.3 is 14.7 Å². The Morgan fingerprint density at radius 1 is 1.15 bits per heavy atom. The summed E-state index contributed by atoms with van der Waals surface area (Å²) in [4.78, 5) is 8.52. The van der Waals surface area contributed by atoms with Crippen LogP contribution >= 0.6 is 0 Å². The summed E-state index contributed by atoms with van der Waals surface area (Å²) in [7, 11) is -3.87. The molecule has 0 fully saturated rings. The number of benzene rings is 1. The van der Waals surface area contributed by atoms with E-state index in [-0.39, 0.29) is 28.8 Å². The van der Waals surface area contributed by atoms with Gasteiger partial charge in [-0.25, -0.2) is 18.1 Å². The zero-order valence-electron chi connectivity index (χ0n) is 17.6. The van der Waals surface area contributed by atoms with Crippen molar-refractivity contribution in [2.45, 2.75) is 25.3 Å². The fourth-order valence-electron chi connectivity index (χ4n) is 3.54. The molecular weight excluding hydrogens is 448 g/mol. The Hall–Kier alpha value is -4.26. The van der Waals surface area contributed by atoms with Gasteiger partial charge in [0.15, 0.2) is 27.6 Å². The molecule has 0 atom stereocenters. The number of rotatable bonds is 6. The van der Waals surface area contributed by atoms with Crippen LogP contribution < -0.4 is 10.5 Å². The van der Waals surface area contributed by atoms with Crippen molar-refractivity contribution < 1.29 is 17.4 Å². The number of anilines is 2. The largest absolute Gasteiger partial charge is 0.463 e. The van der Waals surface area contributed by atoms with Crippen molar-refractivity contribution >= 4 is 32.8 Å². The highest BCUT2D eigenvalue weighted by molar-refractivity contribution is 7.92. The lowest BCUT2D eigenvalue weighted by Crippen LogP contribution is -2.14. The predicted octanol–water partition coefficient (Wildman–Crippen LogP) is 2.52. The molecule has 33 heavy (non-hydrogen) atoms. The quantitative estimate of drug-likeness (QED) is 0.379. The van der Waals surface area contributed by atoms with Gasteiger partial charge in [0.2, 0.25) is 5.95 Å². The minimum Gasteiger partial charge on any atom is -0.463 e. The first-order valence-electron chi connectivity index (χ1n) is 9.77. The van der Waals surface area contributed by atoms with Crippen LogP contribution in [0.5, 0.6) is 0 Å². The van der Waals surface area contributed by atoms with Gasteiger partial charge in [-0.3, -0.25) is 4.72 Å². The number of aromatic nitrogens is 6. The first kappa shape index (κ1) is 20.6. The Morgan fingerprint density at radius 2 is 2.00 bits per heavy atom. The lowest BCUT2D eigenvalue weighted by atomic mass is 10.2. The zero-order chi connectivity index (χ0) is 23.2. The molecule has 0 aliphatic carbocycles. The molecule has 0 aliphatic heterocycles. The second kappa shape index (κ2) is 7.70. The Labute approximate surface area is 187 Å². The van der Waals surface area contributed by atoms with Crippen LogP contribution in [0.4, 0.5) is 11.6 Å². The molecule has 0 amide bonds. The second-order valence-electron chi connectivity index (χ2n) is 7.29. The maximum absolute atomic E-state index is 12.8. The highest BCUT2D eigenvalue weighted by Crippen LogP contribution is 2.26. The predicted molar refractivity (Wildman–Crippen MR) is 118 cm³/mol. The molecule has 13 heteroatoms. The summed E-state index contributed by atoms with van der Waals surface area (Å²) >= 11 is 0. The molecule has 5 aromatic rings. The SMILES string of the molecule is Cc1noc(C)c1S(=O)(=O)Nc1cccc(Cn2nnc3c(-c4ccco4)nc(N)nc32)c1. The number of furan rings is 1. The van der Waals surface area contributed by atoms with Crippen molar-refractivity contribution in [3.8, 4) is 11.5 Å². The van der Waals surface area contributed by atoms with Gasteiger partial charge in [-0.05, 0) is 43.7 Å². The number of hydrogen-bond donors (Lipinski definition) is 2. The van der Waals surface area contributed by atoms with Crippen LogP contribution in [-0.4, -0.2) is 38.5 Å². The van der Waals surface area contributed by atoms with Gasteiger partial charge in [-0.15, -0.1) is 5.10 Å². The third kappa shape index (κ3) is 3.78. The molecule has 1 aromatic carbocycles. The van der Waals surface area contributed by atoms with Crippen molar-refractivity contribution in [3.63, 3.8) is 0 Å². The molecule has 0 radical (unpaired) electrons. The van der Waals surface area contributed by atoms with E-state index in [1.165, 1.54) is 6.26 Å². The van der Waals surface area contributed by atoms with E-state index >= 15 is 0 Å². The highest BCUT2D eigenvalue weighted by Gasteiger charge is 2.24. The van der Waals surface area contributed by atoms with Crippen LogP contribution in [0.2, 0.25) is 0 Å². The third-order valence-corrected chi connectivity index (χ3v) is 6.51. The van der Waals surface area contributed by atoms with Gasteiger partial charge in [0, 0.05) is 5.69 Å². The van der Waals surface area contributed by atoms with Gasteiger partial charge >= 0.3 is 0 Å². The number of nitrogen functional groups attached to an aromatic ring is 1. The molecule has 5 rings (SSSR count). The molecule has 0 aliphatic rings. The highest BCUT2D eigenvalue weighted by atomic mass is 32.2. The fourth-order valence-corrected chi connectivity index (χ4v) is 4.92. The third-order valence-electron chi connectivity index (χ3n) is 4.88. The van der Waals surface area contributed by atoms with Gasteiger partial charge in [0.1, 0.15) is 11.4 Å². The minimum atomic E-state index is -3.87. The maximum atomic E-state index is 12.8. The number of nitrogens with zero attached hydrogens (tertiary/aromatic N) is 6. The van der Waals surface area contributed by atoms with Crippen LogP contribution in [0.25, 0.3) is 22.6 Å². The number of fused-ring (bicyclic) bond motifs is 1. The lowest BCUT2D eigenvalue weighted by Gasteiger charge is -2.09. The molecule has 12 nitrogen and oxygen atoms in total. The van der Waals surface area contributed by atoms with Gasteiger partial charge in [0.05, 0.1) is 12.8 Å². The average Bonchev–Trinajstić information content (AvgIpc) is 3.49. The van der Waals surface area contributed by atoms with Crippen LogP contribution in [0.1, 0.15) is 17.0 Å². The number of hydrogen-bond acceptors (Lipinski definition) is 10. The van der Waals surface area contributed by atoms with Crippen LogP contribution in [0.3, 0.4) is 0 Å². The summed E-state index contributed by atoms with van der Waals surface area (Å²) < 4.78 is 40.2. The van der Waals surface area contributed by atoms with Crippen LogP contribution in [-0.2, 0) is 16.6 Å². The van der Waals surface area contributed by atoms with Gasteiger partial charge in [-0.1, -0.05) is 22.5 Å². The van der Waals surface area contributed by atoms with E-state index in [1.807, 2.05) is 6.07 Å². The number of aryl methyl sites for hydroxylation is 2. The number of sulfonamides is 1. The number of nitrogens with two attached hydrogens (primary N) is 1. The summed E-state index contributed by atoms with van der Waals surface area (Å²) in [5, 5.41) is 12.1. The molecule has 4 heterocycles. The second-order valence-corrected chi connectivity index (χ2v) is 8.91. The first-order valence-corrected chi connectivity index (χ1v) is 11.3. The van der Waals surface area contributed by atoms with Crippen LogP contribution in [0, 0.1) is 13.8 Å². The van der Waals surface area contributed by atoms with Gasteiger partial charge in [-0.2, -0.15) is 4.98 Å². The van der Waals surface area contributed by atoms with E-state index in [0.717, 1.165) is 5.56 Å². The van der Waals surface area contributed by atoms with Crippen molar-refractivity contribution in [2.24, 2.45) is 0 Å². The molecule has 0 unspecified atom stereocenters. The van der Waals surface area contributed by atoms with E-state index in [9.17, 15) is 8.42 Å². The molecule has 4 aromatic heterocycles. The molecule has 0 spiro atoms. The standard InChI is InChI=1S/C20H18N8O4S/c1-11-18(12(2)32-25-11)33(29,30)26-14-6-3-5-13(9-14)10-28-19-17(24-27-28)16(22-20(21)23-19)15-7-4-8-31-15/h3-9,26H,10H2,1-2H3,(H2,21,22,23). The maximum Gasteiger partial charge on any atom is 0.267 e. The Bertz CT molecular complexity index is 1550. The Morgan fingerprint density at radius 3 is 2.73 bits per heavy atom. The molecule has 3 N–H and O–H groups in total. The van der Waals surface area contributed by atoms with Crippen LogP contribution in [0.15, 0.2) is 56.5 Å². The van der Waals surface area contributed by atoms with E-state index in [4.69, 9.17) is 14.7 Å². The average molecular weight is 466 g/mol. The normalized spacial score (nSPS) is 11.8. The van der Waals surface area contributed by atoms with E-state index in [2.05, 4.69) is 30.2 Å². The monoisotopic (exact) mass is 466 g/mol. The smallest absolute Gasteiger partial charge is 0.267 e. The molecule has 0 saturated heterocycles. The summed E-state index contributed by atoms with van der Waals surface area (Å²) in [5.74, 6) is 0.769. The van der Waals surface area contributed by atoms with Gasteiger partial charge in [0.25, 0.3) is 10.0 Å². The van der Waals surface area contributed by atoms with E-state index < -0.39 is 10.0 Å². The van der Waals surface area contributed by atoms with Crippen molar-refractivity contribution in [3.05, 3.63) is 59.7 Å². The molecule has 0 saturated carbocycles. The minimum absolute atomic E-state index is 0.0211. The van der Waals surface area contributed by atoms with Crippen molar-refractivity contribution in [1.29, 1.82) is 0 Å². The summed E-state index contributed by atoms with van der Waals surface area (Å²) in [6, 6.07) is 10.4.